The number of hydrogen-bond donors (Lipinski definition) is 0. The molecule has 0 N–H and O–H groups in total. The van der Waals surface area contributed by atoms with Gasteiger partial charge in [0.15, 0.2) is 0 Å². The van der Waals surface area contributed by atoms with E-state index in [9.17, 15) is 10.1 Å². The van der Waals surface area contributed by atoms with Crippen molar-refractivity contribution in [3.63, 3.8) is 0 Å². The van der Waals surface area contributed by atoms with Crippen LogP contribution in [0.4, 0.5) is 5.69 Å². The number of rotatable bonds is 4. The molecule has 6 heteroatoms. The zero-order chi connectivity index (χ0) is 21.3. The van der Waals surface area contributed by atoms with E-state index in [2.05, 4.69) is 49.1 Å². The second kappa shape index (κ2) is 8.45. The molecule has 2 aliphatic rings. The van der Waals surface area contributed by atoms with E-state index in [1.54, 1.807) is 23.8 Å². The van der Waals surface area contributed by atoms with Gasteiger partial charge in [-0.15, -0.1) is 0 Å². The van der Waals surface area contributed by atoms with E-state index in [0.29, 0.717) is 30.5 Å². The topological polar surface area (TPSA) is 56.6 Å². The standard InChI is InChI=1S/C24H25N3O2S/c1-16(2)17-8-10-18(11-9-17)19-12-23(28)27-14-26(15-30-24(27)20(19)13-25)21-6-4-5-7-22(21)29-3/h4-11,16,19H,12,14-15H2,1-3H3. The van der Waals surface area contributed by atoms with Crippen molar-refractivity contribution in [3.05, 3.63) is 70.3 Å². The highest BCUT2D eigenvalue weighted by Gasteiger charge is 2.38. The zero-order valence-corrected chi connectivity index (χ0v) is 18.3. The molecule has 0 bridgehead atoms. The number of allylic oxidation sites excluding steroid dienone is 1. The highest BCUT2D eigenvalue weighted by Crippen LogP contribution is 2.44. The summed E-state index contributed by atoms with van der Waals surface area (Å²) in [4.78, 5) is 16.9. The van der Waals surface area contributed by atoms with Gasteiger partial charge in [-0.3, -0.25) is 9.69 Å². The van der Waals surface area contributed by atoms with Crippen molar-refractivity contribution in [1.29, 1.82) is 5.26 Å². The van der Waals surface area contributed by atoms with Crippen LogP contribution < -0.4 is 9.64 Å². The summed E-state index contributed by atoms with van der Waals surface area (Å²) in [5.74, 6) is 1.75. The fourth-order valence-corrected chi connectivity index (χ4v) is 5.16. The monoisotopic (exact) mass is 419 g/mol. The minimum atomic E-state index is -0.180. The third kappa shape index (κ3) is 3.66. The molecule has 0 aliphatic carbocycles. The highest BCUT2D eigenvalue weighted by molar-refractivity contribution is 8.03. The molecule has 4 rings (SSSR count). The first-order chi connectivity index (χ1) is 14.5. The van der Waals surface area contributed by atoms with Crippen LogP contribution in [0.15, 0.2) is 59.1 Å². The summed E-state index contributed by atoms with van der Waals surface area (Å²) in [7, 11) is 1.65. The van der Waals surface area contributed by atoms with E-state index in [0.717, 1.165) is 22.0 Å². The van der Waals surface area contributed by atoms with Crippen LogP contribution in [-0.4, -0.2) is 30.5 Å². The lowest BCUT2D eigenvalue weighted by atomic mass is 9.85. The van der Waals surface area contributed by atoms with Crippen LogP contribution in [0.1, 0.15) is 43.2 Å². The van der Waals surface area contributed by atoms with E-state index < -0.39 is 0 Å². The zero-order valence-electron chi connectivity index (χ0n) is 17.5. The van der Waals surface area contributed by atoms with E-state index in [4.69, 9.17) is 4.74 Å². The Balaban J connectivity index is 1.64. The molecular weight excluding hydrogens is 394 g/mol. The number of para-hydroxylation sites is 2. The number of fused-ring (bicyclic) bond motifs is 1. The number of methoxy groups -OCH3 is 1. The van der Waals surface area contributed by atoms with Gasteiger partial charge in [0.25, 0.3) is 0 Å². The van der Waals surface area contributed by atoms with Gasteiger partial charge in [0, 0.05) is 12.3 Å². The van der Waals surface area contributed by atoms with Crippen molar-refractivity contribution >= 4 is 23.4 Å². The lowest BCUT2D eigenvalue weighted by molar-refractivity contribution is -0.129. The van der Waals surface area contributed by atoms with Crippen LogP contribution >= 0.6 is 11.8 Å². The molecule has 1 unspecified atom stereocenters. The van der Waals surface area contributed by atoms with Crippen LogP contribution in [0.5, 0.6) is 5.75 Å². The van der Waals surface area contributed by atoms with Gasteiger partial charge in [-0.1, -0.05) is 62.0 Å². The Kier molecular flexibility index (Phi) is 5.74. The lowest BCUT2D eigenvalue weighted by Gasteiger charge is -2.42. The van der Waals surface area contributed by atoms with Crippen LogP contribution in [0.2, 0.25) is 0 Å². The number of amides is 1. The Bertz CT molecular complexity index is 1020. The number of ether oxygens (including phenoxy) is 1. The van der Waals surface area contributed by atoms with Gasteiger partial charge in [0.2, 0.25) is 5.91 Å². The summed E-state index contributed by atoms with van der Waals surface area (Å²) in [6, 6.07) is 18.6. The first kappa shape index (κ1) is 20.4. The largest absolute Gasteiger partial charge is 0.495 e. The molecule has 0 spiro atoms. The molecule has 30 heavy (non-hydrogen) atoms. The second-order valence-electron chi connectivity index (χ2n) is 7.86. The van der Waals surface area contributed by atoms with Crippen LogP contribution in [-0.2, 0) is 4.79 Å². The third-order valence-corrected chi connectivity index (χ3v) is 6.88. The number of thioether (sulfide) groups is 1. The Hall–Kier alpha value is -2.91. The van der Waals surface area contributed by atoms with E-state index in [-0.39, 0.29) is 11.8 Å². The Labute approximate surface area is 181 Å². The average Bonchev–Trinajstić information content (AvgIpc) is 2.78. The molecule has 0 radical (unpaired) electrons. The van der Waals surface area contributed by atoms with Crippen LogP contribution in [0.3, 0.4) is 0 Å². The van der Waals surface area contributed by atoms with E-state index in [1.807, 2.05) is 24.3 Å². The van der Waals surface area contributed by atoms with Gasteiger partial charge in [-0.05, 0) is 29.2 Å². The van der Waals surface area contributed by atoms with Gasteiger partial charge in [0.05, 0.1) is 42.0 Å². The summed E-state index contributed by atoms with van der Waals surface area (Å²) in [6.07, 6.45) is 0.313. The van der Waals surface area contributed by atoms with Crippen molar-refractivity contribution in [2.24, 2.45) is 0 Å². The fourth-order valence-electron chi connectivity index (χ4n) is 4.00. The third-order valence-electron chi connectivity index (χ3n) is 5.72. The molecule has 154 valence electrons. The highest BCUT2D eigenvalue weighted by atomic mass is 32.2. The van der Waals surface area contributed by atoms with Crippen molar-refractivity contribution in [2.45, 2.75) is 32.1 Å². The molecule has 1 amide bonds. The minimum Gasteiger partial charge on any atom is -0.495 e. The van der Waals surface area contributed by atoms with Crippen molar-refractivity contribution < 1.29 is 9.53 Å². The van der Waals surface area contributed by atoms with Crippen LogP contribution in [0.25, 0.3) is 0 Å². The summed E-state index contributed by atoms with van der Waals surface area (Å²) in [6.45, 7) is 4.74. The van der Waals surface area contributed by atoms with Gasteiger partial charge in [0.1, 0.15) is 5.75 Å². The Morgan fingerprint density at radius 1 is 1.17 bits per heavy atom. The number of nitriles is 1. The van der Waals surface area contributed by atoms with Crippen molar-refractivity contribution in [2.75, 3.05) is 24.6 Å². The van der Waals surface area contributed by atoms with Gasteiger partial charge >= 0.3 is 0 Å². The Morgan fingerprint density at radius 3 is 2.57 bits per heavy atom. The molecule has 2 heterocycles. The van der Waals surface area contributed by atoms with Gasteiger partial charge in [-0.2, -0.15) is 5.26 Å². The minimum absolute atomic E-state index is 0.0500. The molecule has 0 aromatic heterocycles. The van der Waals surface area contributed by atoms with Gasteiger partial charge < -0.3 is 9.64 Å². The number of carbonyl (C=O) groups is 1. The maximum atomic E-state index is 13.1. The summed E-state index contributed by atoms with van der Waals surface area (Å²) in [5, 5.41) is 10.8. The second-order valence-corrected chi connectivity index (χ2v) is 8.79. The number of hydrogen-bond acceptors (Lipinski definition) is 5. The average molecular weight is 420 g/mol. The fraction of sp³-hybridized carbons (Fsp3) is 0.333. The molecule has 1 fully saturated rings. The van der Waals surface area contributed by atoms with Gasteiger partial charge in [-0.25, -0.2) is 0 Å². The maximum absolute atomic E-state index is 13.1. The number of anilines is 1. The predicted octanol–water partition coefficient (Wildman–Crippen LogP) is 5.04. The first-order valence-electron chi connectivity index (χ1n) is 10.1. The van der Waals surface area contributed by atoms with Crippen molar-refractivity contribution in [1.82, 2.24) is 4.90 Å². The molecule has 1 saturated heterocycles. The quantitative estimate of drug-likeness (QED) is 0.695. The Morgan fingerprint density at radius 2 is 1.90 bits per heavy atom. The molecule has 5 nitrogen and oxygen atoms in total. The summed E-state index contributed by atoms with van der Waals surface area (Å²) in [5.41, 5.74) is 3.93. The first-order valence-corrected chi connectivity index (χ1v) is 11.1. The maximum Gasteiger partial charge on any atom is 0.229 e. The predicted molar refractivity (Wildman–Crippen MR) is 120 cm³/mol. The molecule has 0 saturated carbocycles. The lowest BCUT2D eigenvalue weighted by Crippen LogP contribution is -2.47. The number of nitrogens with zero attached hydrogens (tertiary/aromatic N) is 3. The smallest absolute Gasteiger partial charge is 0.229 e. The molecule has 2 aromatic rings. The number of benzene rings is 2. The SMILES string of the molecule is COc1ccccc1N1CSC2=C(C#N)C(c3ccc(C(C)C)cc3)CC(=O)N2C1. The molecule has 2 aliphatic heterocycles. The molecular formula is C24H25N3O2S. The van der Waals surface area contributed by atoms with Crippen LogP contribution in [0, 0.1) is 11.3 Å². The van der Waals surface area contributed by atoms with E-state index in [1.165, 1.54) is 5.56 Å². The van der Waals surface area contributed by atoms with Crippen molar-refractivity contribution in [3.8, 4) is 11.8 Å². The molecule has 1 atom stereocenters. The molecule has 2 aromatic carbocycles. The van der Waals surface area contributed by atoms with E-state index >= 15 is 0 Å². The summed E-state index contributed by atoms with van der Waals surface area (Å²) < 4.78 is 5.49. The number of carbonyl (C=O) groups excluding carboxylic acids is 1. The summed E-state index contributed by atoms with van der Waals surface area (Å²) >= 11 is 1.54. The normalized spacial score (nSPS) is 19.0.